The van der Waals surface area contributed by atoms with Gasteiger partial charge in [0, 0.05) is 30.1 Å². The quantitative estimate of drug-likeness (QED) is 0.609. The number of benzene rings is 1. The van der Waals surface area contributed by atoms with Crippen LogP contribution in [0.25, 0.3) is 10.8 Å². The van der Waals surface area contributed by atoms with Gasteiger partial charge >= 0.3 is 6.18 Å². The average Bonchev–Trinajstić information content (AvgIpc) is 2.75. The monoisotopic (exact) mass is 435 g/mol. The molecule has 3 aromatic rings. The third-order valence-electron chi connectivity index (χ3n) is 5.27. The van der Waals surface area contributed by atoms with Gasteiger partial charge in [-0.05, 0) is 43.7 Å². The highest BCUT2D eigenvalue weighted by Crippen LogP contribution is 2.33. The third-order valence-corrected chi connectivity index (χ3v) is 5.27. The Bertz CT molecular complexity index is 1100. The van der Waals surface area contributed by atoms with E-state index in [1.807, 2.05) is 6.07 Å². The summed E-state index contributed by atoms with van der Waals surface area (Å²) in [6.45, 7) is 6.08. The number of pyridine rings is 1. The van der Waals surface area contributed by atoms with Crippen LogP contribution in [0.5, 0.6) is 0 Å². The lowest BCUT2D eigenvalue weighted by Gasteiger charge is -2.28. The Labute approximate surface area is 176 Å². The van der Waals surface area contributed by atoms with Crippen LogP contribution >= 0.6 is 0 Å². The van der Waals surface area contributed by atoms with Gasteiger partial charge in [-0.1, -0.05) is 0 Å². The first-order valence-corrected chi connectivity index (χ1v) is 9.82. The molecule has 1 saturated heterocycles. The van der Waals surface area contributed by atoms with Crippen LogP contribution in [-0.4, -0.2) is 41.5 Å². The number of halogens is 4. The standard InChI is InChI=1S/C21H21F4N5O/c1-12(14-7-15(21(23,24)25)9-16(22)8-14)27-20-17-10-19(30-3-5-31-6-4-30)26-11-18(17)13(2)28-29-20/h7-12H,3-6H2,1-2H3,(H,27,29)/t12-/m1/s1. The predicted molar refractivity (Wildman–Crippen MR) is 109 cm³/mol. The molecule has 164 valence electrons. The van der Waals surface area contributed by atoms with Crippen molar-refractivity contribution in [1.82, 2.24) is 15.2 Å². The topological polar surface area (TPSA) is 63.2 Å². The second-order valence-corrected chi connectivity index (χ2v) is 7.46. The molecule has 1 fully saturated rings. The highest BCUT2D eigenvalue weighted by atomic mass is 19.4. The maximum atomic E-state index is 13.8. The van der Waals surface area contributed by atoms with Gasteiger partial charge < -0.3 is 15.0 Å². The number of alkyl halides is 3. The van der Waals surface area contributed by atoms with Crippen molar-refractivity contribution >= 4 is 22.4 Å². The molecule has 0 saturated carbocycles. The van der Waals surface area contributed by atoms with Gasteiger partial charge in [0.15, 0.2) is 5.82 Å². The smallest absolute Gasteiger partial charge is 0.378 e. The summed E-state index contributed by atoms with van der Waals surface area (Å²) < 4.78 is 58.5. The molecule has 1 N–H and O–H groups in total. The predicted octanol–water partition coefficient (Wildman–Crippen LogP) is 4.50. The molecule has 1 aliphatic rings. The van der Waals surface area contributed by atoms with Crippen molar-refractivity contribution in [3.05, 3.63) is 53.1 Å². The van der Waals surface area contributed by atoms with Gasteiger partial charge in [-0.2, -0.15) is 18.3 Å². The third kappa shape index (κ3) is 4.53. The van der Waals surface area contributed by atoms with Crippen LogP contribution in [0.4, 0.5) is 29.2 Å². The second kappa shape index (κ2) is 8.26. The Morgan fingerprint density at radius 1 is 1.06 bits per heavy atom. The van der Waals surface area contributed by atoms with E-state index in [0.717, 1.165) is 28.7 Å². The lowest BCUT2D eigenvalue weighted by Crippen LogP contribution is -2.36. The number of anilines is 2. The van der Waals surface area contributed by atoms with Crippen LogP contribution in [0.3, 0.4) is 0 Å². The van der Waals surface area contributed by atoms with Crippen LogP contribution in [0.2, 0.25) is 0 Å². The number of ether oxygens (including phenoxy) is 1. The second-order valence-electron chi connectivity index (χ2n) is 7.46. The Balaban J connectivity index is 1.69. The fourth-order valence-electron chi connectivity index (χ4n) is 3.55. The van der Waals surface area contributed by atoms with Crippen molar-refractivity contribution in [3.63, 3.8) is 0 Å². The number of hydrogen-bond acceptors (Lipinski definition) is 6. The number of nitrogens with one attached hydrogen (secondary N) is 1. The van der Waals surface area contributed by atoms with Crippen LogP contribution in [0.15, 0.2) is 30.5 Å². The number of fused-ring (bicyclic) bond motifs is 1. The summed E-state index contributed by atoms with van der Waals surface area (Å²) in [7, 11) is 0. The minimum atomic E-state index is -4.63. The fraction of sp³-hybridized carbons (Fsp3) is 0.381. The maximum absolute atomic E-state index is 13.8. The van der Waals surface area contributed by atoms with Gasteiger partial charge in [-0.3, -0.25) is 0 Å². The summed E-state index contributed by atoms with van der Waals surface area (Å²) in [6, 6.07) is 3.74. The van der Waals surface area contributed by atoms with E-state index in [9.17, 15) is 17.6 Å². The van der Waals surface area contributed by atoms with Crippen molar-refractivity contribution in [2.75, 3.05) is 36.5 Å². The van der Waals surface area contributed by atoms with E-state index in [1.54, 1.807) is 20.0 Å². The van der Waals surface area contributed by atoms with Crippen LogP contribution in [0, 0.1) is 12.7 Å². The highest BCUT2D eigenvalue weighted by Gasteiger charge is 2.32. The van der Waals surface area contributed by atoms with E-state index >= 15 is 0 Å². The van der Waals surface area contributed by atoms with Crippen LogP contribution < -0.4 is 10.2 Å². The molecule has 1 atom stereocenters. The lowest BCUT2D eigenvalue weighted by molar-refractivity contribution is -0.137. The minimum absolute atomic E-state index is 0.158. The van der Waals surface area contributed by atoms with E-state index < -0.39 is 23.6 Å². The van der Waals surface area contributed by atoms with Crippen molar-refractivity contribution in [1.29, 1.82) is 0 Å². The van der Waals surface area contributed by atoms with Gasteiger partial charge in [-0.25, -0.2) is 9.37 Å². The molecule has 3 heterocycles. The number of morpholine rings is 1. The normalized spacial score (nSPS) is 15.9. The maximum Gasteiger partial charge on any atom is 0.416 e. The number of nitrogens with zero attached hydrogens (tertiary/aromatic N) is 4. The molecule has 2 aromatic heterocycles. The summed E-state index contributed by atoms with van der Waals surface area (Å²) in [4.78, 5) is 6.61. The van der Waals surface area contributed by atoms with Crippen molar-refractivity contribution < 1.29 is 22.3 Å². The van der Waals surface area contributed by atoms with Crippen molar-refractivity contribution in [2.24, 2.45) is 0 Å². The molecule has 4 rings (SSSR count). The first-order valence-electron chi connectivity index (χ1n) is 9.82. The fourth-order valence-corrected chi connectivity index (χ4v) is 3.55. The zero-order valence-corrected chi connectivity index (χ0v) is 17.0. The van der Waals surface area contributed by atoms with E-state index in [1.165, 1.54) is 0 Å². The molecule has 1 aliphatic heterocycles. The van der Waals surface area contributed by atoms with E-state index in [4.69, 9.17) is 4.74 Å². The van der Waals surface area contributed by atoms with Gasteiger partial charge in [0.1, 0.15) is 11.6 Å². The Morgan fingerprint density at radius 3 is 2.52 bits per heavy atom. The SMILES string of the molecule is Cc1nnc(N[C@H](C)c2cc(F)cc(C(F)(F)F)c2)c2cc(N3CCOCC3)ncc12. The largest absolute Gasteiger partial charge is 0.416 e. The van der Waals surface area contributed by atoms with Crippen molar-refractivity contribution in [2.45, 2.75) is 26.1 Å². The number of hydrogen-bond donors (Lipinski definition) is 1. The van der Waals surface area contributed by atoms with Gasteiger partial charge in [0.25, 0.3) is 0 Å². The highest BCUT2D eigenvalue weighted by molar-refractivity contribution is 5.94. The van der Waals surface area contributed by atoms with E-state index in [0.29, 0.717) is 43.9 Å². The molecule has 0 amide bonds. The Hall–Kier alpha value is -3.01. The minimum Gasteiger partial charge on any atom is -0.378 e. The van der Waals surface area contributed by atoms with Gasteiger partial charge in [0.2, 0.25) is 0 Å². The molecule has 1 aromatic carbocycles. The Kier molecular flexibility index (Phi) is 5.65. The molecule has 0 unspecified atom stereocenters. The average molecular weight is 435 g/mol. The molecule has 6 nitrogen and oxygen atoms in total. The lowest BCUT2D eigenvalue weighted by atomic mass is 10.0. The van der Waals surface area contributed by atoms with E-state index in [2.05, 4.69) is 25.4 Å². The van der Waals surface area contributed by atoms with Crippen molar-refractivity contribution in [3.8, 4) is 0 Å². The summed E-state index contributed by atoms with van der Waals surface area (Å²) in [5.41, 5.74) is -0.195. The number of aryl methyl sites for hydroxylation is 1. The van der Waals surface area contributed by atoms with Crippen LogP contribution in [-0.2, 0) is 10.9 Å². The number of rotatable bonds is 4. The molecule has 31 heavy (non-hydrogen) atoms. The van der Waals surface area contributed by atoms with Gasteiger partial charge in [-0.15, -0.1) is 5.10 Å². The molecule has 0 radical (unpaired) electrons. The summed E-state index contributed by atoms with van der Waals surface area (Å²) in [5.74, 6) is 0.198. The number of aromatic nitrogens is 3. The summed E-state index contributed by atoms with van der Waals surface area (Å²) in [5, 5.41) is 12.9. The molecule has 0 bridgehead atoms. The molecular formula is C21H21F4N5O. The van der Waals surface area contributed by atoms with Gasteiger partial charge in [0.05, 0.1) is 30.5 Å². The first kappa shape index (κ1) is 21.2. The molecule has 10 heteroatoms. The molecular weight excluding hydrogens is 414 g/mol. The molecule has 0 aliphatic carbocycles. The molecule has 0 spiro atoms. The zero-order valence-electron chi connectivity index (χ0n) is 17.0. The zero-order chi connectivity index (χ0) is 22.2. The summed E-state index contributed by atoms with van der Waals surface area (Å²) >= 11 is 0. The first-order chi connectivity index (χ1) is 14.7. The van der Waals surface area contributed by atoms with Crippen LogP contribution in [0.1, 0.15) is 29.8 Å². The Morgan fingerprint density at radius 2 is 1.81 bits per heavy atom. The summed E-state index contributed by atoms with van der Waals surface area (Å²) in [6.07, 6.45) is -2.92. The van der Waals surface area contributed by atoms with E-state index in [-0.39, 0.29) is 5.56 Å².